The van der Waals surface area contributed by atoms with Gasteiger partial charge in [-0.1, -0.05) is 11.8 Å². The number of aryl methyl sites for hydroxylation is 1. The molecule has 9 heteroatoms. The topological polar surface area (TPSA) is 121 Å². The third kappa shape index (κ3) is 4.86. The summed E-state index contributed by atoms with van der Waals surface area (Å²) < 4.78 is 27.8. The van der Waals surface area contributed by atoms with Crippen LogP contribution in [0, 0.1) is 6.92 Å². The van der Waals surface area contributed by atoms with Gasteiger partial charge in [0.05, 0.1) is 11.5 Å². The van der Waals surface area contributed by atoms with Crippen molar-refractivity contribution in [1.29, 1.82) is 0 Å². The molecule has 22 heavy (non-hydrogen) atoms. The number of aromatic nitrogens is 2. The SMILES string of the molecule is Cc1cc(N)nc(SCCOc2ccc(S(N)(=O)=O)cc2)n1. The van der Waals surface area contributed by atoms with Crippen molar-refractivity contribution in [2.45, 2.75) is 17.0 Å². The van der Waals surface area contributed by atoms with Gasteiger partial charge in [0.2, 0.25) is 10.0 Å². The maximum absolute atomic E-state index is 11.1. The first-order valence-electron chi connectivity index (χ1n) is 6.34. The molecule has 0 saturated heterocycles. The predicted molar refractivity (Wildman–Crippen MR) is 85.2 cm³/mol. The van der Waals surface area contributed by atoms with Crippen molar-refractivity contribution >= 4 is 27.6 Å². The van der Waals surface area contributed by atoms with Crippen molar-refractivity contribution in [2.24, 2.45) is 5.14 Å². The van der Waals surface area contributed by atoms with Gasteiger partial charge in [-0.05, 0) is 31.2 Å². The zero-order chi connectivity index (χ0) is 16.2. The van der Waals surface area contributed by atoms with Gasteiger partial charge < -0.3 is 10.5 Å². The van der Waals surface area contributed by atoms with E-state index in [0.717, 1.165) is 5.69 Å². The summed E-state index contributed by atoms with van der Waals surface area (Å²) in [5.74, 6) is 1.65. The van der Waals surface area contributed by atoms with Crippen molar-refractivity contribution in [1.82, 2.24) is 9.97 Å². The van der Waals surface area contributed by atoms with Gasteiger partial charge in [0.1, 0.15) is 11.6 Å². The normalized spacial score (nSPS) is 11.4. The van der Waals surface area contributed by atoms with Gasteiger partial charge in [-0.15, -0.1) is 0 Å². The molecule has 2 rings (SSSR count). The Hall–Kier alpha value is -1.84. The van der Waals surface area contributed by atoms with Crippen molar-refractivity contribution in [3.63, 3.8) is 0 Å². The first kappa shape index (κ1) is 16.5. The number of hydrogen-bond acceptors (Lipinski definition) is 7. The number of hydrogen-bond donors (Lipinski definition) is 2. The molecule has 0 saturated carbocycles. The Morgan fingerprint density at radius 3 is 2.50 bits per heavy atom. The van der Waals surface area contributed by atoms with E-state index in [9.17, 15) is 8.42 Å². The summed E-state index contributed by atoms with van der Waals surface area (Å²) >= 11 is 1.43. The lowest BCUT2D eigenvalue weighted by Gasteiger charge is -2.07. The van der Waals surface area contributed by atoms with E-state index < -0.39 is 10.0 Å². The van der Waals surface area contributed by atoms with Gasteiger partial charge in [0.15, 0.2) is 5.16 Å². The third-order valence-electron chi connectivity index (χ3n) is 2.59. The third-order valence-corrected chi connectivity index (χ3v) is 4.33. The molecule has 7 nitrogen and oxygen atoms in total. The van der Waals surface area contributed by atoms with Crippen LogP contribution in [-0.2, 0) is 10.0 Å². The van der Waals surface area contributed by atoms with E-state index in [1.54, 1.807) is 18.2 Å². The van der Waals surface area contributed by atoms with E-state index >= 15 is 0 Å². The van der Waals surface area contributed by atoms with Crippen molar-refractivity contribution in [3.8, 4) is 5.75 Å². The Kier molecular flexibility index (Phi) is 5.22. The zero-order valence-corrected chi connectivity index (χ0v) is 13.5. The summed E-state index contributed by atoms with van der Waals surface area (Å²) in [6, 6.07) is 7.63. The molecule has 0 amide bonds. The summed E-state index contributed by atoms with van der Waals surface area (Å²) in [6.45, 7) is 2.28. The highest BCUT2D eigenvalue weighted by molar-refractivity contribution is 7.99. The highest BCUT2D eigenvalue weighted by Crippen LogP contribution is 2.17. The van der Waals surface area contributed by atoms with Crippen LogP contribution in [0.4, 0.5) is 5.82 Å². The van der Waals surface area contributed by atoms with Crippen molar-refractivity contribution < 1.29 is 13.2 Å². The van der Waals surface area contributed by atoms with Crippen LogP contribution in [0.3, 0.4) is 0 Å². The van der Waals surface area contributed by atoms with Crippen LogP contribution in [-0.4, -0.2) is 30.7 Å². The number of primary sulfonamides is 1. The molecule has 0 atom stereocenters. The Morgan fingerprint density at radius 1 is 1.23 bits per heavy atom. The van der Waals surface area contributed by atoms with E-state index in [2.05, 4.69) is 9.97 Å². The van der Waals surface area contributed by atoms with Crippen LogP contribution in [0.25, 0.3) is 0 Å². The number of ether oxygens (including phenoxy) is 1. The Morgan fingerprint density at radius 2 is 1.91 bits per heavy atom. The summed E-state index contributed by atoms with van der Waals surface area (Å²) in [5, 5.41) is 5.62. The molecule has 0 bridgehead atoms. The van der Waals surface area contributed by atoms with E-state index in [4.69, 9.17) is 15.6 Å². The lowest BCUT2D eigenvalue weighted by molar-refractivity contribution is 0.343. The Balaban J connectivity index is 1.84. The summed E-state index contributed by atoms with van der Waals surface area (Å²) in [6.07, 6.45) is 0. The van der Waals surface area contributed by atoms with Crippen LogP contribution < -0.4 is 15.6 Å². The minimum absolute atomic E-state index is 0.0536. The van der Waals surface area contributed by atoms with E-state index in [1.807, 2.05) is 6.92 Å². The highest BCUT2D eigenvalue weighted by Gasteiger charge is 2.07. The first-order chi connectivity index (χ1) is 10.3. The number of anilines is 1. The number of sulfonamides is 1. The lowest BCUT2D eigenvalue weighted by Crippen LogP contribution is -2.11. The highest BCUT2D eigenvalue weighted by atomic mass is 32.2. The molecule has 0 aliphatic rings. The van der Waals surface area contributed by atoms with Crippen molar-refractivity contribution in [2.75, 3.05) is 18.1 Å². The summed E-state index contributed by atoms with van der Waals surface area (Å²) in [4.78, 5) is 8.42. The molecule has 1 aromatic heterocycles. The first-order valence-corrected chi connectivity index (χ1v) is 8.87. The molecule has 0 aliphatic heterocycles. The Bertz CT molecular complexity index is 728. The predicted octanol–water partition coefficient (Wildman–Crippen LogP) is 1.19. The molecule has 118 valence electrons. The number of rotatable bonds is 6. The number of nitrogens with two attached hydrogens (primary N) is 2. The van der Waals surface area contributed by atoms with Crippen LogP contribution in [0.2, 0.25) is 0 Å². The number of nitrogen functional groups attached to an aromatic ring is 1. The molecular weight excluding hydrogens is 324 g/mol. The molecule has 1 aromatic carbocycles. The smallest absolute Gasteiger partial charge is 0.238 e. The van der Waals surface area contributed by atoms with Crippen LogP contribution in [0.5, 0.6) is 5.75 Å². The quantitative estimate of drug-likeness (QED) is 0.460. The molecule has 0 fully saturated rings. The summed E-state index contributed by atoms with van der Waals surface area (Å²) in [5.41, 5.74) is 6.46. The monoisotopic (exact) mass is 340 g/mol. The number of nitrogens with zero attached hydrogens (tertiary/aromatic N) is 2. The molecule has 0 radical (unpaired) electrons. The molecular formula is C13H16N4O3S2. The maximum atomic E-state index is 11.1. The molecule has 1 heterocycles. The molecule has 0 spiro atoms. The number of benzene rings is 1. The van der Waals surface area contributed by atoms with Crippen molar-refractivity contribution in [3.05, 3.63) is 36.0 Å². The minimum Gasteiger partial charge on any atom is -0.493 e. The van der Waals surface area contributed by atoms with Crippen LogP contribution >= 0.6 is 11.8 Å². The van der Waals surface area contributed by atoms with Gasteiger partial charge in [-0.25, -0.2) is 23.5 Å². The average molecular weight is 340 g/mol. The fourth-order valence-corrected chi connectivity index (χ4v) is 2.89. The van der Waals surface area contributed by atoms with Crippen LogP contribution in [0.15, 0.2) is 40.4 Å². The standard InChI is InChI=1S/C13H16N4O3S2/c1-9-8-12(14)17-13(16-9)21-7-6-20-10-2-4-11(5-3-10)22(15,18)19/h2-5,8H,6-7H2,1H3,(H2,14,16,17)(H2,15,18,19). The molecule has 0 unspecified atom stereocenters. The second kappa shape index (κ2) is 6.95. The van der Waals surface area contributed by atoms with Gasteiger partial charge in [-0.3, -0.25) is 0 Å². The summed E-state index contributed by atoms with van der Waals surface area (Å²) in [7, 11) is -3.68. The zero-order valence-electron chi connectivity index (χ0n) is 11.9. The van der Waals surface area contributed by atoms with Gasteiger partial charge >= 0.3 is 0 Å². The van der Waals surface area contributed by atoms with Gasteiger partial charge in [0, 0.05) is 17.5 Å². The Labute approximate surface area is 133 Å². The van der Waals surface area contributed by atoms with E-state index in [0.29, 0.717) is 29.1 Å². The van der Waals surface area contributed by atoms with E-state index in [1.165, 1.54) is 23.9 Å². The van der Waals surface area contributed by atoms with E-state index in [-0.39, 0.29) is 4.90 Å². The molecule has 0 aliphatic carbocycles. The maximum Gasteiger partial charge on any atom is 0.238 e. The second-order valence-corrected chi connectivity index (χ2v) is 7.05. The second-order valence-electron chi connectivity index (χ2n) is 4.43. The largest absolute Gasteiger partial charge is 0.493 e. The minimum atomic E-state index is -3.68. The van der Waals surface area contributed by atoms with Gasteiger partial charge in [-0.2, -0.15) is 0 Å². The lowest BCUT2D eigenvalue weighted by atomic mass is 10.3. The fraction of sp³-hybridized carbons (Fsp3) is 0.231. The van der Waals surface area contributed by atoms with Gasteiger partial charge in [0.25, 0.3) is 0 Å². The molecule has 4 N–H and O–H groups in total. The average Bonchev–Trinajstić information content (AvgIpc) is 2.42. The van der Waals surface area contributed by atoms with Crippen LogP contribution in [0.1, 0.15) is 5.69 Å². The number of thioether (sulfide) groups is 1. The fourth-order valence-electron chi connectivity index (χ4n) is 1.65. The molecule has 2 aromatic rings.